The highest BCUT2D eigenvalue weighted by Gasteiger charge is 2.37. The normalized spacial score (nSPS) is 29.3. The van der Waals surface area contributed by atoms with Crippen LogP contribution in [0.15, 0.2) is 12.1 Å². The molecule has 146 valence electrons. The molecule has 2 saturated carbocycles. The Hall–Kier alpha value is -1.33. The Bertz CT molecular complexity index is 604. The number of hydrogen-bond acceptors (Lipinski definition) is 1. The monoisotopic (exact) mass is 376 g/mol. The third-order valence-corrected chi connectivity index (χ3v) is 6.13. The Morgan fingerprint density at radius 3 is 2.19 bits per heavy atom. The van der Waals surface area contributed by atoms with Gasteiger partial charge < -0.3 is 4.74 Å². The van der Waals surface area contributed by atoms with E-state index in [0.29, 0.717) is 17.4 Å². The van der Waals surface area contributed by atoms with E-state index in [1.54, 1.807) is 0 Å². The predicted molar refractivity (Wildman–Crippen MR) is 88.9 cm³/mol. The van der Waals surface area contributed by atoms with Gasteiger partial charge in [0.1, 0.15) is 0 Å². The van der Waals surface area contributed by atoms with Crippen LogP contribution in [0.1, 0.15) is 69.8 Å². The maximum Gasteiger partial charge on any atom is 0.573 e. The molecule has 1 aromatic rings. The molecule has 2 aliphatic rings. The van der Waals surface area contributed by atoms with Crippen molar-refractivity contribution in [1.82, 2.24) is 0 Å². The van der Waals surface area contributed by atoms with E-state index in [1.807, 2.05) is 0 Å². The summed E-state index contributed by atoms with van der Waals surface area (Å²) in [7, 11) is 0. The van der Waals surface area contributed by atoms with E-state index >= 15 is 0 Å². The fraction of sp³-hybridized carbons (Fsp3) is 0.700. The maximum absolute atomic E-state index is 14.0. The quantitative estimate of drug-likeness (QED) is 0.516. The maximum atomic E-state index is 14.0. The Balaban J connectivity index is 1.69. The fourth-order valence-electron chi connectivity index (χ4n) is 4.99. The van der Waals surface area contributed by atoms with Gasteiger partial charge in [-0.3, -0.25) is 0 Å². The minimum absolute atomic E-state index is 0.00270. The summed E-state index contributed by atoms with van der Waals surface area (Å²) in [4.78, 5) is 0. The van der Waals surface area contributed by atoms with Crippen molar-refractivity contribution < 1.29 is 26.7 Å². The lowest BCUT2D eigenvalue weighted by atomic mass is 9.63. The average molecular weight is 376 g/mol. The molecule has 0 saturated heterocycles. The van der Waals surface area contributed by atoms with Gasteiger partial charge in [0.15, 0.2) is 11.6 Å². The van der Waals surface area contributed by atoms with E-state index in [2.05, 4.69) is 11.7 Å². The van der Waals surface area contributed by atoms with Crippen molar-refractivity contribution in [2.24, 2.45) is 17.8 Å². The fourth-order valence-corrected chi connectivity index (χ4v) is 4.99. The van der Waals surface area contributed by atoms with Gasteiger partial charge in [-0.05, 0) is 73.5 Å². The number of alkyl halides is 3. The lowest BCUT2D eigenvalue weighted by Gasteiger charge is -2.42. The Morgan fingerprint density at radius 2 is 1.58 bits per heavy atom. The minimum atomic E-state index is -5.11. The molecule has 2 fully saturated rings. The zero-order valence-electron chi connectivity index (χ0n) is 14.9. The molecule has 0 heterocycles. The van der Waals surface area contributed by atoms with E-state index in [4.69, 9.17) is 0 Å². The molecular weight excluding hydrogens is 351 g/mol. The van der Waals surface area contributed by atoms with Gasteiger partial charge in [0.25, 0.3) is 0 Å². The van der Waals surface area contributed by atoms with Crippen LogP contribution in [0.3, 0.4) is 0 Å². The second kappa shape index (κ2) is 7.73. The van der Waals surface area contributed by atoms with Crippen LogP contribution < -0.4 is 4.74 Å². The van der Waals surface area contributed by atoms with Gasteiger partial charge >= 0.3 is 6.36 Å². The first kappa shape index (κ1) is 19.4. The molecular formula is C20H25F5O. The van der Waals surface area contributed by atoms with Crippen LogP contribution in [0.4, 0.5) is 22.0 Å². The molecule has 1 aromatic carbocycles. The highest BCUT2D eigenvalue weighted by atomic mass is 19.4. The zero-order chi connectivity index (χ0) is 18.9. The molecule has 6 heteroatoms. The van der Waals surface area contributed by atoms with Crippen molar-refractivity contribution in [2.45, 2.75) is 70.6 Å². The van der Waals surface area contributed by atoms with Crippen LogP contribution in [0.2, 0.25) is 0 Å². The highest BCUT2D eigenvalue weighted by molar-refractivity contribution is 5.33. The summed E-state index contributed by atoms with van der Waals surface area (Å²) in [5.41, 5.74) is 0.448. The highest BCUT2D eigenvalue weighted by Crippen LogP contribution is 2.48. The van der Waals surface area contributed by atoms with Crippen LogP contribution in [0.5, 0.6) is 5.75 Å². The van der Waals surface area contributed by atoms with E-state index in [9.17, 15) is 22.0 Å². The Morgan fingerprint density at radius 1 is 0.962 bits per heavy atom. The standard InChI is InChI=1S/C20H25F5O/c1-2-3-12-4-5-14-9-15(7-6-13(14)8-12)16-10-17(21)19(18(22)11-16)26-20(23,24)25/h10-15H,2-9H2,1H3/t12-,13-,14-,15-/m1/s1. The zero-order valence-corrected chi connectivity index (χ0v) is 14.9. The van der Waals surface area contributed by atoms with E-state index in [0.717, 1.165) is 43.7 Å². The largest absolute Gasteiger partial charge is 0.573 e. The van der Waals surface area contributed by atoms with Crippen molar-refractivity contribution in [3.63, 3.8) is 0 Å². The van der Waals surface area contributed by atoms with Gasteiger partial charge in [-0.2, -0.15) is 0 Å². The smallest absolute Gasteiger partial charge is 0.399 e. The molecule has 0 N–H and O–H groups in total. The number of fused-ring (bicyclic) bond motifs is 1. The molecule has 0 amide bonds. The molecule has 26 heavy (non-hydrogen) atoms. The predicted octanol–water partition coefficient (Wildman–Crippen LogP) is 6.96. The molecule has 2 aliphatic carbocycles. The van der Waals surface area contributed by atoms with Crippen LogP contribution in [0.25, 0.3) is 0 Å². The van der Waals surface area contributed by atoms with Crippen molar-refractivity contribution in [2.75, 3.05) is 0 Å². The number of benzene rings is 1. The van der Waals surface area contributed by atoms with Crippen LogP contribution in [0, 0.1) is 29.4 Å². The molecule has 0 aromatic heterocycles. The minimum Gasteiger partial charge on any atom is -0.399 e. The van der Waals surface area contributed by atoms with Gasteiger partial charge in [0.2, 0.25) is 5.75 Å². The second-order valence-corrected chi connectivity index (χ2v) is 7.86. The summed E-state index contributed by atoms with van der Waals surface area (Å²) in [5, 5.41) is 0. The molecule has 0 unspecified atom stereocenters. The molecule has 3 rings (SSSR count). The first-order valence-corrected chi connectivity index (χ1v) is 9.51. The molecule has 1 nitrogen and oxygen atoms in total. The third-order valence-electron chi connectivity index (χ3n) is 6.13. The molecule has 0 bridgehead atoms. The molecule has 0 radical (unpaired) electrons. The first-order valence-electron chi connectivity index (χ1n) is 9.51. The third kappa shape index (κ3) is 4.49. The summed E-state index contributed by atoms with van der Waals surface area (Å²) >= 11 is 0. The number of rotatable bonds is 4. The van der Waals surface area contributed by atoms with Crippen LogP contribution in [-0.2, 0) is 0 Å². The number of halogens is 5. The number of hydrogen-bond donors (Lipinski definition) is 0. The average Bonchev–Trinajstić information content (AvgIpc) is 2.57. The van der Waals surface area contributed by atoms with E-state index < -0.39 is 23.7 Å². The summed E-state index contributed by atoms with van der Waals surface area (Å²) in [6.07, 6.45) is 3.68. The summed E-state index contributed by atoms with van der Waals surface area (Å²) in [5.74, 6) is -1.90. The van der Waals surface area contributed by atoms with Gasteiger partial charge in [0.05, 0.1) is 0 Å². The topological polar surface area (TPSA) is 9.23 Å². The Labute approximate surface area is 150 Å². The van der Waals surface area contributed by atoms with Gasteiger partial charge in [0, 0.05) is 0 Å². The van der Waals surface area contributed by atoms with Crippen molar-refractivity contribution >= 4 is 0 Å². The summed E-state index contributed by atoms with van der Waals surface area (Å²) < 4.78 is 68.3. The molecule has 4 atom stereocenters. The van der Waals surface area contributed by atoms with Gasteiger partial charge in [-0.25, -0.2) is 8.78 Å². The van der Waals surface area contributed by atoms with E-state index in [1.165, 1.54) is 25.7 Å². The second-order valence-electron chi connectivity index (χ2n) is 7.86. The number of ether oxygens (including phenoxy) is 1. The lowest BCUT2D eigenvalue weighted by Crippen LogP contribution is -2.30. The van der Waals surface area contributed by atoms with Crippen molar-refractivity contribution in [1.29, 1.82) is 0 Å². The molecule has 0 aliphatic heterocycles. The van der Waals surface area contributed by atoms with Crippen molar-refractivity contribution in [3.05, 3.63) is 29.3 Å². The SMILES string of the molecule is CCC[C@@H]1CC[C@@H]2C[C@H](c3cc(F)c(OC(F)(F)F)c(F)c3)CC[C@@H]2C1. The van der Waals surface area contributed by atoms with Crippen molar-refractivity contribution in [3.8, 4) is 5.75 Å². The van der Waals surface area contributed by atoms with E-state index in [-0.39, 0.29) is 5.92 Å². The van der Waals surface area contributed by atoms with Crippen LogP contribution in [-0.4, -0.2) is 6.36 Å². The Kier molecular flexibility index (Phi) is 5.78. The van der Waals surface area contributed by atoms with Crippen LogP contribution >= 0.6 is 0 Å². The first-order chi connectivity index (χ1) is 12.3. The lowest BCUT2D eigenvalue weighted by molar-refractivity contribution is -0.276. The van der Waals surface area contributed by atoms with Gasteiger partial charge in [-0.1, -0.05) is 26.2 Å². The summed E-state index contributed by atoms with van der Waals surface area (Å²) in [6, 6.07) is 2.02. The molecule has 0 spiro atoms. The van der Waals surface area contributed by atoms with Gasteiger partial charge in [-0.15, -0.1) is 13.2 Å². The summed E-state index contributed by atoms with van der Waals surface area (Å²) in [6.45, 7) is 2.21.